The molecule has 1 saturated carbocycles. The zero-order valence-corrected chi connectivity index (χ0v) is 9.32. The number of nitrogens with zero attached hydrogens (tertiary/aromatic N) is 1. The number of halogens is 1. The van der Waals surface area contributed by atoms with E-state index in [9.17, 15) is 9.18 Å². The van der Waals surface area contributed by atoms with Gasteiger partial charge in [0.25, 0.3) is 0 Å². The SMILES string of the molecule is N#CC(Cc1ccccc1F)C(=O)NC1CC1. The summed E-state index contributed by atoms with van der Waals surface area (Å²) in [6.07, 6.45) is 2.08. The van der Waals surface area contributed by atoms with Gasteiger partial charge in [0.05, 0.1) is 6.07 Å². The highest BCUT2D eigenvalue weighted by Crippen LogP contribution is 2.20. The summed E-state index contributed by atoms with van der Waals surface area (Å²) in [4.78, 5) is 11.7. The van der Waals surface area contributed by atoms with E-state index in [2.05, 4.69) is 5.32 Å². The fourth-order valence-corrected chi connectivity index (χ4v) is 1.61. The molecule has 88 valence electrons. The molecule has 1 unspecified atom stereocenters. The molecule has 1 fully saturated rings. The van der Waals surface area contributed by atoms with Crippen LogP contribution in [0.5, 0.6) is 0 Å². The van der Waals surface area contributed by atoms with Crippen LogP contribution in [-0.4, -0.2) is 11.9 Å². The summed E-state index contributed by atoms with van der Waals surface area (Å²) in [5.74, 6) is -1.47. The molecule has 1 aliphatic rings. The molecule has 0 aromatic heterocycles. The Morgan fingerprint density at radius 2 is 2.24 bits per heavy atom. The van der Waals surface area contributed by atoms with E-state index in [1.807, 2.05) is 6.07 Å². The predicted molar refractivity (Wildman–Crippen MR) is 60.4 cm³/mol. The van der Waals surface area contributed by atoms with Gasteiger partial charge in [0.1, 0.15) is 11.7 Å². The largest absolute Gasteiger partial charge is 0.352 e. The quantitative estimate of drug-likeness (QED) is 0.860. The van der Waals surface area contributed by atoms with Crippen molar-refractivity contribution in [2.24, 2.45) is 5.92 Å². The second-order valence-electron chi connectivity index (χ2n) is 4.26. The van der Waals surface area contributed by atoms with Crippen LogP contribution in [0.4, 0.5) is 4.39 Å². The lowest BCUT2D eigenvalue weighted by atomic mass is 9.99. The monoisotopic (exact) mass is 232 g/mol. The third-order valence-corrected chi connectivity index (χ3v) is 2.78. The minimum absolute atomic E-state index is 0.127. The smallest absolute Gasteiger partial charge is 0.237 e. The van der Waals surface area contributed by atoms with Crippen molar-refractivity contribution in [3.8, 4) is 6.07 Å². The summed E-state index contributed by atoms with van der Waals surface area (Å²) >= 11 is 0. The van der Waals surface area contributed by atoms with Gasteiger partial charge < -0.3 is 5.32 Å². The van der Waals surface area contributed by atoms with Crippen LogP contribution in [0.1, 0.15) is 18.4 Å². The van der Waals surface area contributed by atoms with Crippen molar-refractivity contribution in [1.29, 1.82) is 5.26 Å². The molecular weight excluding hydrogens is 219 g/mol. The fourth-order valence-electron chi connectivity index (χ4n) is 1.61. The molecule has 0 bridgehead atoms. The Bertz CT molecular complexity index is 463. The Balaban J connectivity index is 2.02. The van der Waals surface area contributed by atoms with Gasteiger partial charge in [-0.25, -0.2) is 4.39 Å². The van der Waals surface area contributed by atoms with Crippen LogP contribution in [-0.2, 0) is 11.2 Å². The Morgan fingerprint density at radius 3 is 2.82 bits per heavy atom. The molecule has 1 atom stereocenters. The average molecular weight is 232 g/mol. The van der Waals surface area contributed by atoms with Gasteiger partial charge in [-0.15, -0.1) is 0 Å². The highest BCUT2D eigenvalue weighted by atomic mass is 19.1. The summed E-state index contributed by atoms with van der Waals surface area (Å²) in [5, 5.41) is 11.7. The Labute approximate surface area is 99.2 Å². The maximum absolute atomic E-state index is 13.4. The second kappa shape index (κ2) is 4.96. The summed E-state index contributed by atoms with van der Waals surface area (Å²) in [6, 6.07) is 8.38. The number of carbonyl (C=O) groups excluding carboxylic acids is 1. The van der Waals surface area contributed by atoms with Gasteiger partial charge >= 0.3 is 0 Å². The normalized spacial score (nSPS) is 16.0. The van der Waals surface area contributed by atoms with Crippen molar-refractivity contribution in [2.75, 3.05) is 0 Å². The van der Waals surface area contributed by atoms with E-state index in [-0.39, 0.29) is 24.2 Å². The van der Waals surface area contributed by atoms with Crippen molar-refractivity contribution in [2.45, 2.75) is 25.3 Å². The first-order valence-electron chi connectivity index (χ1n) is 5.64. The highest BCUT2D eigenvalue weighted by Gasteiger charge is 2.27. The lowest BCUT2D eigenvalue weighted by Crippen LogP contribution is -2.32. The summed E-state index contributed by atoms with van der Waals surface area (Å²) in [6.45, 7) is 0. The van der Waals surface area contributed by atoms with Crippen molar-refractivity contribution in [3.63, 3.8) is 0 Å². The molecule has 0 saturated heterocycles. The first kappa shape index (κ1) is 11.6. The van der Waals surface area contributed by atoms with Crippen molar-refractivity contribution >= 4 is 5.91 Å². The summed E-state index contributed by atoms with van der Waals surface area (Å²) in [7, 11) is 0. The molecule has 17 heavy (non-hydrogen) atoms. The zero-order valence-electron chi connectivity index (χ0n) is 9.32. The number of nitrogens with one attached hydrogen (secondary N) is 1. The van der Waals surface area contributed by atoms with E-state index in [1.165, 1.54) is 6.07 Å². The topological polar surface area (TPSA) is 52.9 Å². The lowest BCUT2D eigenvalue weighted by Gasteiger charge is -2.10. The maximum Gasteiger partial charge on any atom is 0.237 e. The van der Waals surface area contributed by atoms with E-state index >= 15 is 0 Å². The van der Waals surface area contributed by atoms with Crippen LogP contribution in [0.3, 0.4) is 0 Å². The zero-order chi connectivity index (χ0) is 12.3. The van der Waals surface area contributed by atoms with Gasteiger partial charge in [-0.05, 0) is 24.5 Å². The number of hydrogen-bond acceptors (Lipinski definition) is 2. The van der Waals surface area contributed by atoms with Crippen LogP contribution < -0.4 is 5.32 Å². The molecule has 0 spiro atoms. The molecule has 4 heteroatoms. The number of rotatable bonds is 4. The van der Waals surface area contributed by atoms with Crippen LogP contribution in [0, 0.1) is 23.1 Å². The predicted octanol–water partition coefficient (Wildman–Crippen LogP) is 1.79. The Hall–Kier alpha value is -1.89. The molecule has 1 aromatic carbocycles. The van der Waals surface area contributed by atoms with Crippen LogP contribution in [0.2, 0.25) is 0 Å². The minimum atomic E-state index is -0.813. The summed E-state index contributed by atoms with van der Waals surface area (Å²) in [5.41, 5.74) is 0.407. The highest BCUT2D eigenvalue weighted by molar-refractivity contribution is 5.81. The van der Waals surface area contributed by atoms with Gasteiger partial charge in [-0.3, -0.25) is 4.79 Å². The first-order valence-corrected chi connectivity index (χ1v) is 5.64. The van der Waals surface area contributed by atoms with E-state index in [0.717, 1.165) is 12.8 Å². The number of nitriles is 1. The number of amides is 1. The minimum Gasteiger partial charge on any atom is -0.352 e. The van der Waals surface area contributed by atoms with E-state index in [1.54, 1.807) is 18.2 Å². The summed E-state index contributed by atoms with van der Waals surface area (Å²) < 4.78 is 13.4. The molecule has 0 heterocycles. The fraction of sp³-hybridized carbons (Fsp3) is 0.385. The number of hydrogen-bond donors (Lipinski definition) is 1. The van der Waals surface area contributed by atoms with Gasteiger partial charge in [-0.1, -0.05) is 18.2 Å². The van der Waals surface area contributed by atoms with E-state index in [0.29, 0.717) is 5.56 Å². The van der Waals surface area contributed by atoms with Crippen LogP contribution in [0.25, 0.3) is 0 Å². The Morgan fingerprint density at radius 1 is 1.53 bits per heavy atom. The number of carbonyl (C=O) groups is 1. The third-order valence-electron chi connectivity index (χ3n) is 2.78. The van der Waals surface area contributed by atoms with Crippen molar-refractivity contribution < 1.29 is 9.18 Å². The molecule has 3 nitrogen and oxygen atoms in total. The van der Waals surface area contributed by atoms with Gasteiger partial charge in [0.2, 0.25) is 5.91 Å². The molecule has 1 aliphatic carbocycles. The average Bonchev–Trinajstić information content (AvgIpc) is 3.11. The molecule has 2 rings (SSSR count). The van der Waals surface area contributed by atoms with Gasteiger partial charge in [0, 0.05) is 12.5 Å². The maximum atomic E-state index is 13.4. The second-order valence-corrected chi connectivity index (χ2v) is 4.26. The molecule has 0 radical (unpaired) electrons. The molecule has 0 aliphatic heterocycles. The molecule has 1 amide bonds. The van der Waals surface area contributed by atoms with Crippen LogP contribution >= 0.6 is 0 Å². The van der Waals surface area contributed by atoms with E-state index in [4.69, 9.17) is 5.26 Å². The molecule has 1 N–H and O–H groups in total. The third kappa shape index (κ3) is 3.04. The Kier molecular flexibility index (Phi) is 3.38. The van der Waals surface area contributed by atoms with E-state index < -0.39 is 5.92 Å². The number of benzene rings is 1. The molecule has 1 aromatic rings. The standard InChI is InChI=1S/C13H13FN2O/c14-12-4-2-1-3-9(12)7-10(8-15)13(17)16-11-5-6-11/h1-4,10-11H,5-7H2,(H,16,17). The molecular formula is C13H13FN2O. The van der Waals surface area contributed by atoms with Crippen molar-refractivity contribution in [3.05, 3.63) is 35.6 Å². The van der Waals surface area contributed by atoms with Crippen molar-refractivity contribution in [1.82, 2.24) is 5.32 Å². The van der Waals surface area contributed by atoms with Gasteiger partial charge in [0.15, 0.2) is 0 Å². The lowest BCUT2D eigenvalue weighted by molar-refractivity contribution is -0.123. The van der Waals surface area contributed by atoms with Crippen LogP contribution in [0.15, 0.2) is 24.3 Å². The first-order chi connectivity index (χ1) is 8.20. The van der Waals surface area contributed by atoms with Gasteiger partial charge in [-0.2, -0.15) is 5.26 Å².